The molecule has 0 aromatic carbocycles. The third-order valence-electron chi connectivity index (χ3n) is 1.74. The molecule has 0 amide bonds. The standard InChI is InChI=1S/C9H12O4/c1-12-6-7(9(10)11)5-8-3-2-4-13-8/h2-4,7H,5-6H2,1H3,(H,10,11). The highest BCUT2D eigenvalue weighted by molar-refractivity contribution is 5.70. The molecule has 1 N–H and O–H groups in total. The normalized spacial score (nSPS) is 12.7. The van der Waals surface area contributed by atoms with Crippen LogP contribution in [0.4, 0.5) is 0 Å². The van der Waals surface area contributed by atoms with E-state index in [1.807, 2.05) is 0 Å². The van der Waals surface area contributed by atoms with Gasteiger partial charge in [0, 0.05) is 13.5 Å². The van der Waals surface area contributed by atoms with Crippen molar-refractivity contribution in [2.45, 2.75) is 6.42 Å². The molecule has 0 bridgehead atoms. The van der Waals surface area contributed by atoms with Crippen molar-refractivity contribution < 1.29 is 19.1 Å². The fourth-order valence-corrected chi connectivity index (χ4v) is 1.09. The highest BCUT2D eigenvalue weighted by Gasteiger charge is 2.18. The molecule has 4 heteroatoms. The molecule has 0 aliphatic rings. The number of carbonyl (C=O) groups is 1. The lowest BCUT2D eigenvalue weighted by molar-refractivity contribution is -0.143. The van der Waals surface area contributed by atoms with Crippen molar-refractivity contribution in [3.63, 3.8) is 0 Å². The van der Waals surface area contributed by atoms with Gasteiger partial charge in [0.15, 0.2) is 0 Å². The number of aliphatic carboxylic acids is 1. The van der Waals surface area contributed by atoms with E-state index in [2.05, 4.69) is 0 Å². The van der Waals surface area contributed by atoms with Crippen LogP contribution in [0.5, 0.6) is 0 Å². The van der Waals surface area contributed by atoms with E-state index in [-0.39, 0.29) is 6.61 Å². The molecule has 1 aromatic rings. The van der Waals surface area contributed by atoms with Crippen LogP contribution in [-0.4, -0.2) is 24.8 Å². The number of furan rings is 1. The average molecular weight is 184 g/mol. The predicted octanol–water partition coefficient (Wildman–Crippen LogP) is 1.17. The quantitative estimate of drug-likeness (QED) is 0.746. The fraction of sp³-hybridized carbons (Fsp3) is 0.444. The lowest BCUT2D eigenvalue weighted by Crippen LogP contribution is -2.21. The molecule has 0 radical (unpaired) electrons. The van der Waals surface area contributed by atoms with Crippen LogP contribution in [-0.2, 0) is 16.0 Å². The summed E-state index contributed by atoms with van der Waals surface area (Å²) in [6.45, 7) is 0.204. The molecule has 0 aliphatic heterocycles. The van der Waals surface area contributed by atoms with Gasteiger partial charge >= 0.3 is 5.97 Å². The molecule has 1 heterocycles. The number of methoxy groups -OCH3 is 1. The van der Waals surface area contributed by atoms with Gasteiger partial charge in [-0.05, 0) is 12.1 Å². The van der Waals surface area contributed by atoms with Gasteiger partial charge in [0.2, 0.25) is 0 Å². The van der Waals surface area contributed by atoms with Crippen LogP contribution in [0, 0.1) is 5.92 Å². The zero-order valence-electron chi connectivity index (χ0n) is 7.40. The van der Waals surface area contributed by atoms with Crippen molar-refractivity contribution in [1.82, 2.24) is 0 Å². The molecule has 72 valence electrons. The van der Waals surface area contributed by atoms with Gasteiger partial charge in [0.1, 0.15) is 5.76 Å². The molecule has 0 saturated heterocycles. The predicted molar refractivity (Wildman–Crippen MR) is 45.4 cm³/mol. The van der Waals surface area contributed by atoms with Gasteiger partial charge in [-0.15, -0.1) is 0 Å². The summed E-state index contributed by atoms with van der Waals surface area (Å²) in [5, 5.41) is 8.78. The van der Waals surface area contributed by atoms with E-state index in [4.69, 9.17) is 14.3 Å². The molecule has 0 spiro atoms. The molecule has 1 atom stereocenters. The van der Waals surface area contributed by atoms with E-state index in [0.29, 0.717) is 12.2 Å². The molecule has 4 nitrogen and oxygen atoms in total. The Morgan fingerprint density at radius 2 is 2.54 bits per heavy atom. The van der Waals surface area contributed by atoms with Gasteiger partial charge in [-0.3, -0.25) is 4.79 Å². The number of hydrogen-bond donors (Lipinski definition) is 1. The second-order valence-electron chi connectivity index (χ2n) is 2.77. The summed E-state index contributed by atoms with van der Waals surface area (Å²) in [4.78, 5) is 10.7. The Kier molecular flexibility index (Phi) is 3.52. The third kappa shape index (κ3) is 2.91. The topological polar surface area (TPSA) is 59.7 Å². The second-order valence-corrected chi connectivity index (χ2v) is 2.77. The summed E-state index contributed by atoms with van der Waals surface area (Å²) in [6, 6.07) is 3.49. The Balaban J connectivity index is 2.52. The molecule has 0 fully saturated rings. The molecule has 0 aliphatic carbocycles. The number of carboxylic acid groups (broad SMARTS) is 1. The summed E-state index contributed by atoms with van der Waals surface area (Å²) in [5.74, 6) is -0.723. The minimum Gasteiger partial charge on any atom is -0.481 e. The van der Waals surface area contributed by atoms with Crippen LogP contribution in [0.1, 0.15) is 5.76 Å². The third-order valence-corrected chi connectivity index (χ3v) is 1.74. The number of carboxylic acids is 1. The Morgan fingerprint density at radius 1 is 1.77 bits per heavy atom. The lowest BCUT2D eigenvalue weighted by Gasteiger charge is -2.08. The Hall–Kier alpha value is -1.29. The zero-order valence-corrected chi connectivity index (χ0v) is 7.40. The first kappa shape index (κ1) is 9.80. The van der Waals surface area contributed by atoms with E-state index < -0.39 is 11.9 Å². The molecule has 1 rings (SSSR count). The summed E-state index contributed by atoms with van der Waals surface area (Å²) in [7, 11) is 1.48. The summed E-state index contributed by atoms with van der Waals surface area (Å²) in [5.41, 5.74) is 0. The van der Waals surface area contributed by atoms with Crippen molar-refractivity contribution in [1.29, 1.82) is 0 Å². The van der Waals surface area contributed by atoms with Crippen LogP contribution in [0.25, 0.3) is 0 Å². The first-order valence-electron chi connectivity index (χ1n) is 3.98. The monoisotopic (exact) mass is 184 g/mol. The molecule has 13 heavy (non-hydrogen) atoms. The molecule has 1 aromatic heterocycles. The van der Waals surface area contributed by atoms with Gasteiger partial charge < -0.3 is 14.3 Å². The Morgan fingerprint density at radius 3 is 3.00 bits per heavy atom. The maximum Gasteiger partial charge on any atom is 0.309 e. The largest absolute Gasteiger partial charge is 0.481 e. The van der Waals surface area contributed by atoms with Crippen LogP contribution in [0.15, 0.2) is 22.8 Å². The van der Waals surface area contributed by atoms with E-state index in [0.717, 1.165) is 0 Å². The van der Waals surface area contributed by atoms with Crippen LogP contribution in [0.3, 0.4) is 0 Å². The highest BCUT2D eigenvalue weighted by Crippen LogP contribution is 2.09. The minimum absolute atomic E-state index is 0.204. The van der Waals surface area contributed by atoms with Crippen molar-refractivity contribution in [2.24, 2.45) is 5.92 Å². The van der Waals surface area contributed by atoms with E-state index in [1.165, 1.54) is 13.4 Å². The zero-order chi connectivity index (χ0) is 9.68. The smallest absolute Gasteiger partial charge is 0.309 e. The van der Waals surface area contributed by atoms with Gasteiger partial charge in [-0.1, -0.05) is 0 Å². The number of hydrogen-bond acceptors (Lipinski definition) is 3. The van der Waals surface area contributed by atoms with Gasteiger partial charge in [-0.2, -0.15) is 0 Å². The van der Waals surface area contributed by atoms with Crippen molar-refractivity contribution in [3.8, 4) is 0 Å². The number of rotatable bonds is 5. The highest BCUT2D eigenvalue weighted by atomic mass is 16.5. The van der Waals surface area contributed by atoms with Gasteiger partial charge in [0.25, 0.3) is 0 Å². The Bertz CT molecular complexity index is 253. The average Bonchev–Trinajstić information content (AvgIpc) is 2.56. The van der Waals surface area contributed by atoms with Gasteiger partial charge in [0.05, 0.1) is 18.8 Å². The summed E-state index contributed by atoms with van der Waals surface area (Å²) in [6.07, 6.45) is 1.90. The van der Waals surface area contributed by atoms with Gasteiger partial charge in [-0.25, -0.2) is 0 Å². The maximum atomic E-state index is 10.7. The molecule has 1 unspecified atom stereocenters. The second kappa shape index (κ2) is 4.67. The maximum absolute atomic E-state index is 10.7. The molecular weight excluding hydrogens is 172 g/mol. The number of ether oxygens (including phenoxy) is 1. The minimum atomic E-state index is -0.863. The summed E-state index contributed by atoms with van der Waals surface area (Å²) < 4.78 is 9.83. The first-order valence-corrected chi connectivity index (χ1v) is 3.98. The van der Waals surface area contributed by atoms with Crippen molar-refractivity contribution >= 4 is 5.97 Å². The van der Waals surface area contributed by atoms with E-state index in [1.54, 1.807) is 12.1 Å². The van der Waals surface area contributed by atoms with Crippen molar-refractivity contribution in [3.05, 3.63) is 24.2 Å². The lowest BCUT2D eigenvalue weighted by atomic mass is 10.1. The fourth-order valence-electron chi connectivity index (χ4n) is 1.09. The Labute approximate surface area is 76.1 Å². The first-order chi connectivity index (χ1) is 6.24. The SMILES string of the molecule is COCC(Cc1ccco1)C(=O)O. The van der Waals surface area contributed by atoms with Crippen molar-refractivity contribution in [2.75, 3.05) is 13.7 Å². The molecular formula is C9H12O4. The van der Waals surface area contributed by atoms with E-state index in [9.17, 15) is 4.79 Å². The molecule has 0 saturated carbocycles. The van der Waals surface area contributed by atoms with Crippen LogP contribution < -0.4 is 0 Å². The van der Waals surface area contributed by atoms with Crippen LogP contribution in [0.2, 0.25) is 0 Å². The van der Waals surface area contributed by atoms with Crippen LogP contribution >= 0.6 is 0 Å². The summed E-state index contributed by atoms with van der Waals surface area (Å²) >= 11 is 0. The van der Waals surface area contributed by atoms with E-state index >= 15 is 0 Å².